The molecule has 0 saturated heterocycles. The lowest BCUT2D eigenvalue weighted by molar-refractivity contribution is 0.301. The van der Waals surface area contributed by atoms with Crippen molar-refractivity contribution in [2.24, 2.45) is 0 Å². The maximum Gasteiger partial charge on any atom is 0.0606 e. The van der Waals surface area contributed by atoms with Crippen LogP contribution in [0, 0.1) is 0 Å². The van der Waals surface area contributed by atoms with Gasteiger partial charge in [-0.25, -0.2) is 0 Å². The van der Waals surface area contributed by atoms with E-state index in [0.29, 0.717) is 6.54 Å². The van der Waals surface area contributed by atoms with Crippen LogP contribution in [0.25, 0.3) is 0 Å². The molecule has 0 aliphatic heterocycles. The van der Waals surface area contributed by atoms with Gasteiger partial charge in [0.25, 0.3) is 0 Å². The van der Waals surface area contributed by atoms with E-state index in [-0.39, 0.29) is 6.61 Å². The van der Waals surface area contributed by atoms with Crippen molar-refractivity contribution in [3.8, 4) is 0 Å². The third-order valence-electron chi connectivity index (χ3n) is 3.72. The van der Waals surface area contributed by atoms with Crippen LogP contribution in [0.2, 0.25) is 0 Å². The fraction of sp³-hybridized carbons (Fsp3) is 0.333. The molecule has 2 rings (SSSR count). The van der Waals surface area contributed by atoms with Crippen molar-refractivity contribution < 1.29 is 5.11 Å². The molecule has 0 atom stereocenters. The second-order valence-electron chi connectivity index (χ2n) is 5.56. The third-order valence-corrected chi connectivity index (χ3v) is 3.72. The summed E-state index contributed by atoms with van der Waals surface area (Å²) in [4.78, 5) is 2.18. The zero-order chi connectivity index (χ0) is 16.5. The molecule has 0 aliphatic carbocycles. The first-order valence-electron chi connectivity index (χ1n) is 8.00. The van der Waals surface area contributed by atoms with Crippen LogP contribution < -0.4 is 21.7 Å². The van der Waals surface area contributed by atoms with Crippen molar-refractivity contribution in [2.75, 3.05) is 47.9 Å². The molecule has 0 spiro atoms. The lowest BCUT2D eigenvalue weighted by Crippen LogP contribution is -2.28. The van der Waals surface area contributed by atoms with Gasteiger partial charge in [0.05, 0.1) is 6.61 Å². The van der Waals surface area contributed by atoms with Gasteiger partial charge in [-0.15, -0.1) is 0 Å². The smallest absolute Gasteiger partial charge is 0.0606 e. The van der Waals surface area contributed by atoms with Gasteiger partial charge >= 0.3 is 0 Å². The van der Waals surface area contributed by atoms with Crippen molar-refractivity contribution in [3.63, 3.8) is 0 Å². The number of rotatable bonds is 9. The van der Waals surface area contributed by atoms with Crippen LogP contribution in [0.4, 0.5) is 22.7 Å². The highest BCUT2D eigenvalue weighted by molar-refractivity contribution is 5.53. The lowest BCUT2D eigenvalue weighted by atomic mass is 10.2. The first kappa shape index (κ1) is 17.0. The van der Waals surface area contributed by atoms with Crippen molar-refractivity contribution in [1.29, 1.82) is 0 Å². The molecule has 0 aromatic heterocycles. The highest BCUT2D eigenvalue weighted by atomic mass is 16.3. The number of hydrogen-bond donors (Lipinski definition) is 4. The van der Waals surface area contributed by atoms with Gasteiger partial charge in [0, 0.05) is 42.4 Å². The molecule has 5 heteroatoms. The van der Waals surface area contributed by atoms with E-state index in [1.165, 1.54) is 0 Å². The monoisotopic (exact) mass is 314 g/mol. The molecule has 0 heterocycles. The Morgan fingerprint density at radius 2 is 1.43 bits per heavy atom. The molecule has 0 amide bonds. The van der Waals surface area contributed by atoms with E-state index < -0.39 is 0 Å². The minimum atomic E-state index is 0.147. The summed E-state index contributed by atoms with van der Waals surface area (Å²) in [5, 5.41) is 12.6. The lowest BCUT2D eigenvalue weighted by Gasteiger charge is -2.24. The SMILES string of the molecule is Nc1ccc(NCCCCN(CCO)c2ccc(N)cc2)cc1. The minimum absolute atomic E-state index is 0.147. The van der Waals surface area contributed by atoms with Crippen molar-refractivity contribution in [2.45, 2.75) is 12.8 Å². The average molecular weight is 314 g/mol. The summed E-state index contributed by atoms with van der Waals surface area (Å²) < 4.78 is 0. The minimum Gasteiger partial charge on any atom is -0.399 e. The van der Waals surface area contributed by atoms with Crippen LogP contribution in [-0.4, -0.2) is 31.3 Å². The van der Waals surface area contributed by atoms with Gasteiger partial charge in [-0.05, 0) is 61.4 Å². The van der Waals surface area contributed by atoms with Gasteiger partial charge < -0.3 is 26.8 Å². The number of aliphatic hydroxyl groups is 1. The number of anilines is 4. The third kappa shape index (κ3) is 5.71. The van der Waals surface area contributed by atoms with Crippen molar-refractivity contribution >= 4 is 22.7 Å². The predicted molar refractivity (Wildman–Crippen MR) is 98.7 cm³/mol. The molecule has 0 fully saturated rings. The van der Waals surface area contributed by atoms with E-state index in [1.54, 1.807) is 0 Å². The Hall–Kier alpha value is -2.40. The molecule has 0 unspecified atom stereocenters. The second-order valence-corrected chi connectivity index (χ2v) is 5.56. The maximum absolute atomic E-state index is 9.24. The summed E-state index contributed by atoms with van der Waals surface area (Å²) >= 11 is 0. The maximum atomic E-state index is 9.24. The van der Waals surface area contributed by atoms with Gasteiger partial charge in [-0.3, -0.25) is 0 Å². The standard InChI is InChI=1S/C18H26N4O/c19-15-3-7-17(8-4-15)21-11-1-2-12-22(13-14-23)18-9-5-16(20)6-10-18/h3-10,21,23H,1-2,11-14,19-20H2. The number of nitrogens with one attached hydrogen (secondary N) is 1. The molecule has 6 N–H and O–H groups in total. The van der Waals surface area contributed by atoms with E-state index in [2.05, 4.69) is 10.2 Å². The van der Waals surface area contributed by atoms with Crippen molar-refractivity contribution in [3.05, 3.63) is 48.5 Å². The summed E-state index contributed by atoms with van der Waals surface area (Å²) in [5.41, 5.74) is 15.1. The first-order valence-corrected chi connectivity index (χ1v) is 8.00. The van der Waals surface area contributed by atoms with Gasteiger partial charge in [-0.2, -0.15) is 0 Å². The molecular weight excluding hydrogens is 288 g/mol. The van der Waals surface area contributed by atoms with E-state index >= 15 is 0 Å². The Morgan fingerprint density at radius 3 is 2.04 bits per heavy atom. The molecule has 0 radical (unpaired) electrons. The average Bonchev–Trinajstić information content (AvgIpc) is 2.56. The number of aliphatic hydroxyl groups excluding tert-OH is 1. The van der Waals surface area contributed by atoms with Gasteiger partial charge in [-0.1, -0.05) is 0 Å². The number of nitrogens with zero attached hydrogens (tertiary/aromatic N) is 1. The highest BCUT2D eigenvalue weighted by Crippen LogP contribution is 2.17. The summed E-state index contributed by atoms with van der Waals surface area (Å²) in [5.74, 6) is 0. The quantitative estimate of drug-likeness (QED) is 0.422. The van der Waals surface area contributed by atoms with E-state index in [1.807, 2.05) is 48.5 Å². The Balaban J connectivity index is 1.73. The summed E-state index contributed by atoms with van der Waals surface area (Å²) in [6.45, 7) is 2.61. The number of hydrogen-bond acceptors (Lipinski definition) is 5. The molecule has 0 saturated carbocycles. The van der Waals surface area contributed by atoms with Crippen LogP contribution in [0.1, 0.15) is 12.8 Å². The normalized spacial score (nSPS) is 10.5. The molecule has 0 bridgehead atoms. The Labute approximate surface area is 137 Å². The topological polar surface area (TPSA) is 87.5 Å². The van der Waals surface area contributed by atoms with E-state index in [4.69, 9.17) is 11.5 Å². The van der Waals surface area contributed by atoms with Crippen LogP contribution in [-0.2, 0) is 0 Å². The molecule has 23 heavy (non-hydrogen) atoms. The summed E-state index contributed by atoms with van der Waals surface area (Å²) in [6, 6.07) is 15.5. The highest BCUT2D eigenvalue weighted by Gasteiger charge is 2.05. The number of nitrogen functional groups attached to an aromatic ring is 2. The number of nitrogens with two attached hydrogens (primary N) is 2. The van der Waals surface area contributed by atoms with E-state index in [9.17, 15) is 5.11 Å². The van der Waals surface area contributed by atoms with Crippen LogP contribution in [0.3, 0.4) is 0 Å². The van der Waals surface area contributed by atoms with Crippen LogP contribution in [0.5, 0.6) is 0 Å². The summed E-state index contributed by atoms with van der Waals surface area (Å²) in [7, 11) is 0. The molecule has 2 aromatic rings. The fourth-order valence-corrected chi connectivity index (χ4v) is 2.44. The van der Waals surface area contributed by atoms with Gasteiger partial charge in [0.15, 0.2) is 0 Å². The van der Waals surface area contributed by atoms with E-state index in [0.717, 1.165) is 48.7 Å². The molecule has 0 aliphatic rings. The Kier molecular flexibility index (Phi) is 6.56. The number of unbranched alkanes of at least 4 members (excludes halogenated alkanes) is 1. The molecular formula is C18H26N4O. The van der Waals surface area contributed by atoms with Crippen LogP contribution >= 0.6 is 0 Å². The fourth-order valence-electron chi connectivity index (χ4n) is 2.44. The first-order chi connectivity index (χ1) is 11.2. The predicted octanol–water partition coefficient (Wildman–Crippen LogP) is 2.54. The van der Waals surface area contributed by atoms with Crippen LogP contribution in [0.15, 0.2) is 48.5 Å². The zero-order valence-electron chi connectivity index (χ0n) is 13.4. The molecule has 5 nitrogen and oxygen atoms in total. The van der Waals surface area contributed by atoms with Gasteiger partial charge in [0.2, 0.25) is 0 Å². The summed E-state index contributed by atoms with van der Waals surface area (Å²) in [6.07, 6.45) is 2.10. The molecule has 2 aromatic carbocycles. The zero-order valence-corrected chi connectivity index (χ0v) is 13.4. The van der Waals surface area contributed by atoms with Gasteiger partial charge in [0.1, 0.15) is 0 Å². The Morgan fingerprint density at radius 1 is 0.826 bits per heavy atom. The number of benzene rings is 2. The second kappa shape index (κ2) is 8.90. The largest absolute Gasteiger partial charge is 0.399 e. The molecule has 124 valence electrons. The van der Waals surface area contributed by atoms with Crippen molar-refractivity contribution in [1.82, 2.24) is 0 Å². The Bertz CT molecular complexity index is 569.